The van der Waals surface area contributed by atoms with Crippen LogP contribution in [0.2, 0.25) is 0 Å². The first-order valence-electron chi connectivity index (χ1n) is 6.72. The topological polar surface area (TPSA) is 92.3 Å². The first-order chi connectivity index (χ1) is 9.56. The van der Waals surface area contributed by atoms with Gasteiger partial charge in [0.2, 0.25) is 11.8 Å². The fraction of sp³-hybridized carbons (Fsp3) is 0.833. The van der Waals surface area contributed by atoms with E-state index in [1.807, 2.05) is 0 Å². The number of alkyl halides is 2. The molecule has 2 aliphatic rings. The van der Waals surface area contributed by atoms with Crippen LogP contribution in [0.1, 0.15) is 26.2 Å². The van der Waals surface area contributed by atoms with Crippen molar-refractivity contribution < 1.29 is 18.0 Å². The van der Waals surface area contributed by atoms with Gasteiger partial charge in [0, 0.05) is 19.0 Å². The van der Waals surface area contributed by atoms with E-state index in [1.165, 1.54) is 0 Å². The largest absolute Gasteiger partial charge is 0.355 e. The predicted molar refractivity (Wildman–Crippen MR) is 80.0 cm³/mol. The van der Waals surface area contributed by atoms with Crippen molar-refractivity contribution in [3.05, 3.63) is 0 Å². The molecule has 2 rings (SSSR count). The Morgan fingerprint density at radius 2 is 1.95 bits per heavy atom. The maximum atomic E-state index is 11.9. The maximum absolute atomic E-state index is 11.9. The summed E-state index contributed by atoms with van der Waals surface area (Å²) in [5.74, 6) is -0.449. The average molecular weight is 357 g/mol. The van der Waals surface area contributed by atoms with Gasteiger partial charge in [-0.2, -0.15) is 0 Å². The minimum Gasteiger partial charge on any atom is -0.355 e. The summed E-state index contributed by atoms with van der Waals surface area (Å²) in [4.78, 5) is 23.5. The van der Waals surface area contributed by atoms with E-state index in [-0.39, 0.29) is 42.3 Å². The second kappa shape index (κ2) is 5.59. The summed E-state index contributed by atoms with van der Waals surface area (Å²) >= 11 is 11.8. The van der Waals surface area contributed by atoms with E-state index in [9.17, 15) is 18.0 Å². The minimum absolute atomic E-state index is 0.00974. The molecule has 1 saturated heterocycles. The molecule has 0 aromatic carbocycles. The Hall–Kier alpha value is -0.530. The highest BCUT2D eigenvalue weighted by molar-refractivity contribution is 7.91. The van der Waals surface area contributed by atoms with Crippen molar-refractivity contribution >= 4 is 44.9 Å². The highest BCUT2D eigenvalue weighted by Gasteiger charge is 2.67. The lowest BCUT2D eigenvalue weighted by Gasteiger charge is -2.14. The SMILES string of the molecule is C[C@@]1(C(=O)NCCC(=O)N[C@@H]2CCS(=O)(=O)C2)CC1(Cl)Cl. The van der Waals surface area contributed by atoms with E-state index >= 15 is 0 Å². The molecule has 0 aromatic rings. The third kappa shape index (κ3) is 3.81. The molecule has 1 aliphatic heterocycles. The summed E-state index contributed by atoms with van der Waals surface area (Å²) in [6, 6.07) is -0.322. The molecular formula is C12H18Cl2N2O4S. The van der Waals surface area contributed by atoms with Gasteiger partial charge >= 0.3 is 0 Å². The van der Waals surface area contributed by atoms with Crippen molar-refractivity contribution in [2.45, 2.75) is 36.6 Å². The van der Waals surface area contributed by atoms with Crippen molar-refractivity contribution in [2.24, 2.45) is 5.41 Å². The molecule has 2 fully saturated rings. The summed E-state index contributed by atoms with van der Waals surface area (Å²) in [6.45, 7) is 1.84. The van der Waals surface area contributed by atoms with Gasteiger partial charge in [-0.3, -0.25) is 9.59 Å². The van der Waals surface area contributed by atoms with E-state index in [0.29, 0.717) is 12.8 Å². The second-order valence-corrected chi connectivity index (χ2v) is 9.60. The summed E-state index contributed by atoms with van der Waals surface area (Å²) in [5.41, 5.74) is -0.799. The number of sulfone groups is 1. The fourth-order valence-electron chi connectivity index (χ4n) is 2.34. The van der Waals surface area contributed by atoms with Gasteiger partial charge in [-0.05, 0) is 19.8 Å². The van der Waals surface area contributed by atoms with Crippen LogP contribution < -0.4 is 10.6 Å². The summed E-state index contributed by atoms with van der Waals surface area (Å²) in [5, 5.41) is 5.28. The van der Waals surface area contributed by atoms with Crippen molar-refractivity contribution in [1.82, 2.24) is 10.6 Å². The lowest BCUT2D eigenvalue weighted by atomic mass is 10.1. The van der Waals surface area contributed by atoms with Gasteiger partial charge in [-0.15, -0.1) is 23.2 Å². The Bertz CT molecular complexity index is 564. The lowest BCUT2D eigenvalue weighted by molar-refractivity contribution is -0.126. The number of halogens is 2. The molecule has 2 amide bonds. The third-order valence-electron chi connectivity index (χ3n) is 3.99. The third-order valence-corrected chi connectivity index (χ3v) is 6.86. The maximum Gasteiger partial charge on any atom is 0.229 e. The Labute approximate surface area is 133 Å². The Kier molecular flexibility index (Phi) is 4.48. The van der Waals surface area contributed by atoms with Gasteiger partial charge in [0.25, 0.3) is 0 Å². The molecule has 0 spiro atoms. The molecule has 1 aliphatic carbocycles. The molecule has 1 saturated carbocycles. The first kappa shape index (κ1) is 16.8. The van der Waals surface area contributed by atoms with Crippen LogP contribution in [0.3, 0.4) is 0 Å². The molecular weight excluding hydrogens is 339 g/mol. The van der Waals surface area contributed by atoms with E-state index in [1.54, 1.807) is 6.92 Å². The molecule has 9 heteroatoms. The Morgan fingerprint density at radius 3 is 2.43 bits per heavy atom. The molecule has 0 radical (unpaired) electrons. The van der Waals surface area contributed by atoms with Gasteiger partial charge in [0.1, 0.15) is 4.33 Å². The van der Waals surface area contributed by atoms with E-state index < -0.39 is 19.6 Å². The van der Waals surface area contributed by atoms with Crippen molar-refractivity contribution in [3.63, 3.8) is 0 Å². The molecule has 6 nitrogen and oxygen atoms in total. The van der Waals surface area contributed by atoms with Crippen LogP contribution in [-0.4, -0.2) is 48.7 Å². The second-order valence-electron chi connectivity index (χ2n) is 5.89. The first-order valence-corrected chi connectivity index (χ1v) is 9.29. The highest BCUT2D eigenvalue weighted by Crippen LogP contribution is 2.63. The zero-order chi connectivity index (χ0) is 15.9. The molecule has 2 N–H and O–H groups in total. The monoisotopic (exact) mass is 356 g/mol. The number of hydrogen-bond donors (Lipinski definition) is 2. The van der Waals surface area contributed by atoms with Crippen molar-refractivity contribution in [1.29, 1.82) is 0 Å². The number of carbonyl (C=O) groups excluding carboxylic acids is 2. The zero-order valence-corrected chi connectivity index (χ0v) is 13.9. The highest BCUT2D eigenvalue weighted by atomic mass is 35.5. The van der Waals surface area contributed by atoms with Gasteiger partial charge < -0.3 is 10.6 Å². The standard InChI is InChI=1S/C12H18Cl2N2O4S/c1-11(7-12(11,13)14)10(18)15-4-2-9(17)16-8-3-5-21(19,20)6-8/h8H,2-7H2,1H3,(H,15,18)(H,16,17)/t8-,11+/m1/s1. The van der Waals surface area contributed by atoms with E-state index in [2.05, 4.69) is 10.6 Å². The normalized spacial score (nSPS) is 32.4. The minimum atomic E-state index is -3.01. The van der Waals surface area contributed by atoms with Gasteiger partial charge in [0.05, 0.1) is 16.9 Å². The Balaban J connectivity index is 1.68. The van der Waals surface area contributed by atoms with Crippen LogP contribution in [0.4, 0.5) is 0 Å². The summed E-state index contributed by atoms with van der Waals surface area (Å²) < 4.78 is 21.5. The zero-order valence-electron chi connectivity index (χ0n) is 11.6. The average Bonchev–Trinajstić information content (AvgIpc) is 2.68. The van der Waals surface area contributed by atoms with Crippen LogP contribution >= 0.6 is 23.2 Å². The fourth-order valence-corrected chi connectivity index (χ4v) is 4.72. The molecule has 0 bridgehead atoms. The quantitative estimate of drug-likeness (QED) is 0.696. The van der Waals surface area contributed by atoms with Crippen LogP contribution in [0.25, 0.3) is 0 Å². The molecule has 21 heavy (non-hydrogen) atoms. The number of carbonyl (C=O) groups is 2. The Morgan fingerprint density at radius 1 is 1.33 bits per heavy atom. The number of rotatable bonds is 5. The molecule has 1 heterocycles. The van der Waals surface area contributed by atoms with Crippen LogP contribution in [0.5, 0.6) is 0 Å². The van der Waals surface area contributed by atoms with Crippen molar-refractivity contribution in [3.8, 4) is 0 Å². The molecule has 2 atom stereocenters. The smallest absolute Gasteiger partial charge is 0.229 e. The lowest BCUT2D eigenvalue weighted by Crippen LogP contribution is -2.39. The van der Waals surface area contributed by atoms with Gasteiger partial charge in [-0.1, -0.05) is 0 Å². The van der Waals surface area contributed by atoms with E-state index in [4.69, 9.17) is 23.2 Å². The number of hydrogen-bond acceptors (Lipinski definition) is 4. The van der Waals surface area contributed by atoms with Crippen molar-refractivity contribution in [2.75, 3.05) is 18.1 Å². The number of amides is 2. The van der Waals surface area contributed by atoms with Gasteiger partial charge in [-0.25, -0.2) is 8.42 Å². The number of nitrogens with one attached hydrogen (secondary N) is 2. The molecule has 0 unspecified atom stereocenters. The van der Waals surface area contributed by atoms with Crippen LogP contribution in [0, 0.1) is 5.41 Å². The molecule has 0 aromatic heterocycles. The predicted octanol–water partition coefficient (Wildman–Crippen LogP) is 0.380. The molecule has 120 valence electrons. The summed E-state index contributed by atoms with van der Waals surface area (Å²) in [6.07, 6.45) is 0.927. The van der Waals surface area contributed by atoms with E-state index in [0.717, 1.165) is 0 Å². The van der Waals surface area contributed by atoms with Crippen LogP contribution in [-0.2, 0) is 19.4 Å². The summed E-state index contributed by atoms with van der Waals surface area (Å²) in [7, 11) is -3.01. The van der Waals surface area contributed by atoms with Gasteiger partial charge in [0.15, 0.2) is 9.84 Å². The van der Waals surface area contributed by atoms with Crippen LogP contribution in [0.15, 0.2) is 0 Å².